The van der Waals surface area contributed by atoms with E-state index in [0.29, 0.717) is 6.61 Å². The monoisotopic (exact) mass is 286 g/mol. The molecule has 0 radical (unpaired) electrons. The van der Waals surface area contributed by atoms with Gasteiger partial charge in [0.15, 0.2) is 0 Å². The standard InChI is InChI=1S/C12H15FN2O3S/c13-7-2-1-3-8(6-7)19(16,17)15-11-10(14)9-4-5-18-12(9)11/h1-3,6,9-12,15H,4-5,14H2. The van der Waals surface area contributed by atoms with Crippen LogP contribution in [0.25, 0.3) is 0 Å². The van der Waals surface area contributed by atoms with Crippen LogP contribution in [-0.2, 0) is 14.8 Å². The van der Waals surface area contributed by atoms with Gasteiger partial charge in [0.1, 0.15) is 5.82 Å². The molecule has 2 aliphatic rings. The Morgan fingerprint density at radius 1 is 1.42 bits per heavy atom. The van der Waals surface area contributed by atoms with Crippen LogP contribution in [0.15, 0.2) is 29.2 Å². The molecule has 5 nitrogen and oxygen atoms in total. The molecule has 4 unspecified atom stereocenters. The molecular weight excluding hydrogens is 271 g/mol. The molecule has 104 valence electrons. The van der Waals surface area contributed by atoms with E-state index in [-0.39, 0.29) is 23.0 Å². The third-order valence-corrected chi connectivity index (χ3v) is 5.30. The zero-order chi connectivity index (χ0) is 13.6. The average Bonchev–Trinajstić information content (AvgIpc) is 2.81. The van der Waals surface area contributed by atoms with Gasteiger partial charge < -0.3 is 10.5 Å². The average molecular weight is 286 g/mol. The molecule has 2 fully saturated rings. The van der Waals surface area contributed by atoms with Crippen LogP contribution >= 0.6 is 0 Å². The van der Waals surface area contributed by atoms with Crippen molar-refractivity contribution in [2.45, 2.75) is 29.5 Å². The van der Waals surface area contributed by atoms with E-state index in [1.807, 2.05) is 0 Å². The Bertz CT molecular complexity index is 592. The van der Waals surface area contributed by atoms with Gasteiger partial charge in [0.2, 0.25) is 10.0 Å². The van der Waals surface area contributed by atoms with Gasteiger partial charge in [-0.3, -0.25) is 0 Å². The molecule has 1 aromatic rings. The highest BCUT2D eigenvalue weighted by molar-refractivity contribution is 7.89. The van der Waals surface area contributed by atoms with E-state index in [0.717, 1.165) is 12.5 Å². The Balaban J connectivity index is 1.79. The minimum Gasteiger partial charge on any atom is -0.376 e. The molecule has 1 aromatic carbocycles. The molecular formula is C12H15FN2O3S. The number of ether oxygens (including phenoxy) is 1. The van der Waals surface area contributed by atoms with E-state index < -0.39 is 21.9 Å². The second-order valence-corrected chi connectivity index (χ2v) is 6.68. The molecule has 1 aliphatic heterocycles. The summed E-state index contributed by atoms with van der Waals surface area (Å²) in [5, 5.41) is 0. The molecule has 7 heteroatoms. The van der Waals surface area contributed by atoms with Crippen LogP contribution in [0, 0.1) is 11.7 Å². The third-order valence-electron chi connectivity index (χ3n) is 3.84. The smallest absolute Gasteiger partial charge is 0.241 e. The summed E-state index contributed by atoms with van der Waals surface area (Å²) in [5.41, 5.74) is 5.94. The van der Waals surface area contributed by atoms with Crippen molar-refractivity contribution in [2.24, 2.45) is 11.7 Å². The van der Waals surface area contributed by atoms with E-state index in [1.165, 1.54) is 18.2 Å². The predicted molar refractivity (Wildman–Crippen MR) is 66.3 cm³/mol. The summed E-state index contributed by atoms with van der Waals surface area (Å²) >= 11 is 0. The van der Waals surface area contributed by atoms with Crippen LogP contribution in [0.1, 0.15) is 6.42 Å². The Labute approximate surface area is 111 Å². The van der Waals surface area contributed by atoms with Crippen LogP contribution in [-0.4, -0.2) is 33.2 Å². The van der Waals surface area contributed by atoms with Gasteiger partial charge in [-0.05, 0) is 24.6 Å². The van der Waals surface area contributed by atoms with E-state index in [1.54, 1.807) is 0 Å². The number of nitrogens with two attached hydrogens (primary N) is 1. The lowest BCUT2D eigenvalue weighted by molar-refractivity contribution is -0.00924. The van der Waals surface area contributed by atoms with Crippen molar-refractivity contribution < 1.29 is 17.5 Å². The molecule has 19 heavy (non-hydrogen) atoms. The Kier molecular flexibility index (Phi) is 3.09. The molecule has 0 bridgehead atoms. The zero-order valence-electron chi connectivity index (χ0n) is 10.1. The number of hydrogen-bond acceptors (Lipinski definition) is 4. The van der Waals surface area contributed by atoms with Crippen molar-refractivity contribution in [3.63, 3.8) is 0 Å². The van der Waals surface area contributed by atoms with E-state index in [2.05, 4.69) is 4.72 Å². The summed E-state index contributed by atoms with van der Waals surface area (Å²) in [6, 6.07) is 4.22. The molecule has 0 amide bonds. The fourth-order valence-electron chi connectivity index (χ4n) is 2.78. The van der Waals surface area contributed by atoms with Crippen LogP contribution in [0.5, 0.6) is 0 Å². The Morgan fingerprint density at radius 3 is 2.95 bits per heavy atom. The first-order valence-corrected chi connectivity index (χ1v) is 7.62. The Hall–Kier alpha value is -1.02. The number of sulfonamides is 1. The highest BCUT2D eigenvalue weighted by Gasteiger charge is 2.53. The lowest BCUT2D eigenvalue weighted by Crippen LogP contribution is -2.68. The number of halogens is 1. The minimum absolute atomic E-state index is 0.0962. The van der Waals surface area contributed by atoms with Gasteiger partial charge in [-0.15, -0.1) is 0 Å². The number of fused-ring (bicyclic) bond motifs is 1. The summed E-state index contributed by atoms with van der Waals surface area (Å²) in [4.78, 5) is -0.0962. The fourth-order valence-corrected chi connectivity index (χ4v) is 4.09. The number of rotatable bonds is 3. The molecule has 4 atom stereocenters. The molecule has 1 aliphatic carbocycles. The van der Waals surface area contributed by atoms with E-state index in [4.69, 9.17) is 10.5 Å². The quantitative estimate of drug-likeness (QED) is 0.833. The molecule has 3 N–H and O–H groups in total. The summed E-state index contributed by atoms with van der Waals surface area (Å²) in [6.07, 6.45) is 0.711. The van der Waals surface area contributed by atoms with Crippen LogP contribution in [0.4, 0.5) is 4.39 Å². The minimum atomic E-state index is -3.76. The summed E-state index contributed by atoms with van der Waals surface area (Å²) in [6.45, 7) is 0.612. The second-order valence-electron chi connectivity index (χ2n) is 4.97. The first-order chi connectivity index (χ1) is 8.99. The van der Waals surface area contributed by atoms with Gasteiger partial charge in [0.25, 0.3) is 0 Å². The number of benzene rings is 1. The van der Waals surface area contributed by atoms with Gasteiger partial charge in [-0.2, -0.15) is 0 Å². The Morgan fingerprint density at radius 2 is 2.21 bits per heavy atom. The van der Waals surface area contributed by atoms with Crippen molar-refractivity contribution in [3.8, 4) is 0 Å². The SMILES string of the molecule is NC1C2CCOC2C1NS(=O)(=O)c1cccc(F)c1. The molecule has 1 heterocycles. The van der Waals surface area contributed by atoms with Gasteiger partial charge >= 0.3 is 0 Å². The summed E-state index contributed by atoms with van der Waals surface area (Å²) < 4.78 is 45.3. The number of hydrogen-bond donors (Lipinski definition) is 2. The molecule has 0 spiro atoms. The van der Waals surface area contributed by atoms with Crippen LogP contribution in [0.3, 0.4) is 0 Å². The first-order valence-electron chi connectivity index (χ1n) is 6.14. The van der Waals surface area contributed by atoms with Crippen molar-refractivity contribution in [3.05, 3.63) is 30.1 Å². The molecule has 1 saturated heterocycles. The first kappa shape index (κ1) is 13.0. The topological polar surface area (TPSA) is 81.4 Å². The van der Waals surface area contributed by atoms with Crippen LogP contribution < -0.4 is 10.5 Å². The van der Waals surface area contributed by atoms with Gasteiger partial charge in [0, 0.05) is 18.6 Å². The van der Waals surface area contributed by atoms with Gasteiger partial charge in [-0.25, -0.2) is 17.5 Å². The summed E-state index contributed by atoms with van der Waals surface area (Å²) in [5.74, 6) is -0.365. The molecule has 0 aromatic heterocycles. The maximum Gasteiger partial charge on any atom is 0.241 e. The van der Waals surface area contributed by atoms with Crippen LogP contribution in [0.2, 0.25) is 0 Å². The largest absolute Gasteiger partial charge is 0.376 e. The van der Waals surface area contributed by atoms with Gasteiger partial charge in [0.05, 0.1) is 17.0 Å². The van der Waals surface area contributed by atoms with Crippen molar-refractivity contribution in [1.29, 1.82) is 0 Å². The highest BCUT2D eigenvalue weighted by atomic mass is 32.2. The van der Waals surface area contributed by atoms with E-state index >= 15 is 0 Å². The number of nitrogens with one attached hydrogen (secondary N) is 1. The van der Waals surface area contributed by atoms with Crippen molar-refractivity contribution in [1.82, 2.24) is 4.72 Å². The zero-order valence-corrected chi connectivity index (χ0v) is 10.9. The third kappa shape index (κ3) is 2.16. The second kappa shape index (κ2) is 4.52. The normalized spacial score (nSPS) is 33.8. The lowest BCUT2D eigenvalue weighted by atomic mass is 9.73. The highest BCUT2D eigenvalue weighted by Crippen LogP contribution is 2.38. The van der Waals surface area contributed by atoms with E-state index in [9.17, 15) is 12.8 Å². The summed E-state index contributed by atoms with van der Waals surface area (Å²) in [7, 11) is -3.76. The lowest BCUT2D eigenvalue weighted by Gasteiger charge is -2.45. The van der Waals surface area contributed by atoms with Gasteiger partial charge in [-0.1, -0.05) is 6.07 Å². The predicted octanol–water partition coefficient (Wildman–Crippen LogP) is 0.219. The maximum absolute atomic E-state index is 13.1. The molecule has 3 rings (SSSR count). The van der Waals surface area contributed by atoms with Crippen molar-refractivity contribution >= 4 is 10.0 Å². The fraction of sp³-hybridized carbons (Fsp3) is 0.500. The maximum atomic E-state index is 13.1. The van der Waals surface area contributed by atoms with Crippen molar-refractivity contribution in [2.75, 3.05) is 6.61 Å². The molecule has 1 saturated carbocycles.